The Morgan fingerprint density at radius 2 is 0.972 bits per heavy atom. The molecule has 1 rings (SSSR count). The molecule has 0 aliphatic rings. The maximum Gasteiger partial charge on any atom is 0.454 e. The van der Waals surface area contributed by atoms with Gasteiger partial charge in [0, 0.05) is 38.5 Å². The third-order valence-corrected chi connectivity index (χ3v) is 2.56. The fourth-order valence-corrected chi connectivity index (χ4v) is 1.06. The second-order valence-corrected chi connectivity index (χ2v) is 5.30. The van der Waals surface area contributed by atoms with Gasteiger partial charge in [-0.2, -0.15) is 52.7 Å². The third kappa shape index (κ3) is 16.5. The van der Waals surface area contributed by atoms with Gasteiger partial charge in [-0.3, -0.25) is 9.59 Å². The molecule has 207 valence electrons. The third-order valence-electron chi connectivity index (χ3n) is 2.56. The summed E-state index contributed by atoms with van der Waals surface area (Å²) in [6.07, 6.45) is -21.9. The molecule has 1 radical (unpaired) electrons. The minimum Gasteiger partial charge on any atom is -0.504 e. The molecule has 0 aliphatic carbocycles. The number of aromatic nitrogens is 1. The van der Waals surface area contributed by atoms with Crippen molar-refractivity contribution >= 4 is 17.5 Å². The number of carboxylic acids is 1. The normalized spacial score (nSPS) is 12.7. The van der Waals surface area contributed by atoms with Gasteiger partial charge in [0.2, 0.25) is 11.5 Å². The first-order valence-electron chi connectivity index (χ1n) is 7.73. The molecule has 0 aliphatic heterocycles. The summed E-state index contributed by atoms with van der Waals surface area (Å²) < 4.78 is 136. The quantitative estimate of drug-likeness (QED) is 0.227. The number of allylic oxidation sites excluding steroid dienone is 4. The summed E-state index contributed by atoms with van der Waals surface area (Å²) >= 11 is 0. The van der Waals surface area contributed by atoms with Crippen LogP contribution < -0.4 is 0 Å². The Kier molecular flexibility index (Phi) is 15.0. The Morgan fingerprint density at radius 1 is 0.639 bits per heavy atom. The fourth-order valence-electron chi connectivity index (χ4n) is 1.06. The van der Waals surface area contributed by atoms with E-state index < -0.39 is 65.9 Å². The molecule has 0 fully saturated rings. The number of carbonyl (C=O) groups is 3. The number of nitrogens with zero attached hydrogens (tertiary/aromatic N) is 1. The van der Waals surface area contributed by atoms with Crippen LogP contribution in [0.15, 0.2) is 48.1 Å². The standard InChI is InChI=1S/C6H5NO2.2C5H2F6O2.Ir/c8-6(9)5-3-1-2-4-7-5;2*6-4(7,8)2(12)1-3(13)5(9,10)11;/h1-4H,(H,8,9);2*1,12H;/b;2*2-1-;. The largest absolute Gasteiger partial charge is 0.504 e. The Morgan fingerprint density at radius 3 is 1.14 bits per heavy atom. The van der Waals surface area contributed by atoms with E-state index in [1.807, 2.05) is 0 Å². The minimum absolute atomic E-state index is 0. The molecule has 0 bridgehead atoms. The Balaban J connectivity index is -0.000000454. The molecule has 20 heteroatoms. The van der Waals surface area contributed by atoms with Gasteiger partial charge in [0.1, 0.15) is 5.69 Å². The summed E-state index contributed by atoms with van der Waals surface area (Å²) in [7, 11) is 0. The van der Waals surface area contributed by atoms with Crippen LogP contribution in [0, 0.1) is 0 Å². The van der Waals surface area contributed by atoms with Crippen molar-refractivity contribution in [1.29, 1.82) is 0 Å². The molecular formula is C16H9F12IrNO6. The van der Waals surface area contributed by atoms with E-state index in [1.165, 1.54) is 12.3 Å². The smallest absolute Gasteiger partial charge is 0.454 e. The molecule has 3 N–H and O–H groups in total. The van der Waals surface area contributed by atoms with Crippen molar-refractivity contribution in [3.63, 3.8) is 0 Å². The number of hydrogen-bond donors (Lipinski definition) is 3. The molecule has 0 unspecified atom stereocenters. The fraction of sp³-hybridized carbons (Fsp3) is 0.250. The minimum atomic E-state index is -5.42. The van der Waals surface area contributed by atoms with Crippen LogP contribution in [0.25, 0.3) is 0 Å². The van der Waals surface area contributed by atoms with Crippen LogP contribution in [0.5, 0.6) is 0 Å². The molecule has 1 heterocycles. The second-order valence-electron chi connectivity index (χ2n) is 5.30. The van der Waals surface area contributed by atoms with Gasteiger partial charge >= 0.3 is 30.7 Å². The average Bonchev–Trinajstić information content (AvgIpc) is 2.66. The van der Waals surface area contributed by atoms with Crippen molar-refractivity contribution in [2.45, 2.75) is 24.7 Å². The zero-order valence-electron chi connectivity index (χ0n) is 16.3. The first kappa shape index (κ1) is 37.4. The van der Waals surface area contributed by atoms with Gasteiger partial charge in [-0.05, 0) is 12.1 Å². The number of halogens is 12. The SMILES string of the molecule is O=C(/C=C(\O)C(F)(F)F)C(F)(F)F.O=C(/C=C(\O)C(F)(F)F)C(F)(F)F.O=C(O)c1ccccn1.[Ir]. The number of aliphatic hydroxyl groups excluding tert-OH is 2. The molecule has 1 aromatic rings. The van der Waals surface area contributed by atoms with E-state index in [9.17, 15) is 67.1 Å². The van der Waals surface area contributed by atoms with E-state index in [4.69, 9.17) is 15.3 Å². The summed E-state index contributed by atoms with van der Waals surface area (Å²) in [6.45, 7) is 0. The molecule has 36 heavy (non-hydrogen) atoms. The van der Waals surface area contributed by atoms with Crippen molar-refractivity contribution in [2.75, 3.05) is 0 Å². The van der Waals surface area contributed by atoms with Gasteiger partial charge < -0.3 is 15.3 Å². The number of carboxylic acid groups (broad SMARTS) is 1. The number of aromatic carboxylic acids is 1. The number of hydrogen-bond acceptors (Lipinski definition) is 6. The van der Waals surface area contributed by atoms with Crippen LogP contribution in [0.3, 0.4) is 0 Å². The van der Waals surface area contributed by atoms with Gasteiger partial charge in [-0.15, -0.1) is 0 Å². The van der Waals surface area contributed by atoms with Gasteiger partial charge in [-0.25, -0.2) is 9.78 Å². The first-order chi connectivity index (χ1) is 15.4. The van der Waals surface area contributed by atoms with E-state index in [0.717, 1.165) is 0 Å². The summed E-state index contributed by atoms with van der Waals surface area (Å²) in [4.78, 5) is 33.4. The molecule has 7 nitrogen and oxygen atoms in total. The number of alkyl halides is 12. The Labute approximate surface area is 204 Å². The summed E-state index contributed by atoms with van der Waals surface area (Å²) in [5, 5.41) is 24.2. The van der Waals surface area contributed by atoms with Gasteiger partial charge in [0.15, 0.2) is 0 Å². The zero-order valence-corrected chi connectivity index (χ0v) is 18.7. The first-order valence-corrected chi connectivity index (χ1v) is 7.73. The maximum atomic E-state index is 11.4. The molecule has 0 spiro atoms. The predicted octanol–water partition coefficient (Wildman–Crippen LogP) is 5.02. The van der Waals surface area contributed by atoms with Crippen molar-refractivity contribution in [2.24, 2.45) is 0 Å². The van der Waals surface area contributed by atoms with Crippen LogP contribution >= 0.6 is 0 Å². The zero-order chi connectivity index (χ0) is 28.4. The number of pyridine rings is 1. The van der Waals surface area contributed by atoms with Crippen LogP contribution in [-0.2, 0) is 29.7 Å². The topological polar surface area (TPSA) is 125 Å². The molecule has 0 amide bonds. The number of aliphatic hydroxyl groups is 2. The van der Waals surface area contributed by atoms with Gasteiger partial charge in [0.05, 0.1) is 0 Å². The number of rotatable bonds is 3. The van der Waals surface area contributed by atoms with Crippen molar-refractivity contribution in [3.8, 4) is 0 Å². The Hall–Kier alpha value is -3.15. The van der Waals surface area contributed by atoms with Crippen molar-refractivity contribution < 1.29 is 102 Å². The van der Waals surface area contributed by atoms with Crippen LogP contribution in [0.1, 0.15) is 10.5 Å². The van der Waals surface area contributed by atoms with Crippen LogP contribution in [-0.4, -0.2) is 62.5 Å². The van der Waals surface area contributed by atoms with Crippen molar-refractivity contribution in [1.82, 2.24) is 4.98 Å². The molecular weight excluding hydrogens is 722 g/mol. The van der Waals surface area contributed by atoms with Gasteiger partial charge in [0.25, 0.3) is 11.6 Å². The summed E-state index contributed by atoms with van der Waals surface area (Å²) in [5.41, 5.74) is 0.0810. The van der Waals surface area contributed by atoms with Gasteiger partial charge in [-0.1, -0.05) is 6.07 Å². The van der Waals surface area contributed by atoms with Crippen LogP contribution in [0.4, 0.5) is 52.7 Å². The molecule has 0 saturated carbocycles. The van der Waals surface area contributed by atoms with E-state index in [-0.39, 0.29) is 25.8 Å². The summed E-state index contributed by atoms with van der Waals surface area (Å²) in [6, 6.07) is 4.76. The monoisotopic (exact) mass is 732 g/mol. The van der Waals surface area contributed by atoms with E-state index in [1.54, 1.807) is 12.1 Å². The van der Waals surface area contributed by atoms with E-state index >= 15 is 0 Å². The summed E-state index contributed by atoms with van der Waals surface area (Å²) in [5.74, 6) is -11.7. The number of ketones is 2. The Bertz CT molecular complexity index is 882. The average molecular weight is 731 g/mol. The van der Waals surface area contributed by atoms with E-state index in [2.05, 4.69) is 4.98 Å². The van der Waals surface area contributed by atoms with Crippen molar-refractivity contribution in [3.05, 3.63) is 53.8 Å². The predicted molar refractivity (Wildman–Crippen MR) is 86.9 cm³/mol. The maximum absolute atomic E-state index is 11.4. The molecule has 0 aromatic carbocycles. The number of carbonyl (C=O) groups excluding carboxylic acids is 2. The van der Waals surface area contributed by atoms with E-state index in [0.29, 0.717) is 0 Å². The van der Waals surface area contributed by atoms with Crippen LogP contribution in [0.2, 0.25) is 0 Å². The molecule has 0 saturated heterocycles. The molecule has 1 aromatic heterocycles. The second kappa shape index (κ2) is 14.4. The molecule has 0 atom stereocenters.